The van der Waals surface area contributed by atoms with Crippen molar-refractivity contribution in [1.29, 1.82) is 0 Å². The van der Waals surface area contributed by atoms with E-state index in [1.54, 1.807) is 6.92 Å². The summed E-state index contributed by atoms with van der Waals surface area (Å²) in [7, 11) is 0. The minimum absolute atomic E-state index is 0.0195. The lowest BCUT2D eigenvalue weighted by Crippen LogP contribution is -2.54. The van der Waals surface area contributed by atoms with Crippen molar-refractivity contribution in [2.24, 2.45) is 34.5 Å². The van der Waals surface area contributed by atoms with Crippen molar-refractivity contribution in [2.45, 2.75) is 83.5 Å². The molecule has 5 rings (SSSR count). The largest absolute Gasteiger partial charge is 0.481 e. The van der Waals surface area contributed by atoms with E-state index in [9.17, 15) is 24.3 Å². The van der Waals surface area contributed by atoms with E-state index in [1.807, 2.05) is 6.92 Å². The predicted molar refractivity (Wildman–Crippen MR) is 104 cm³/mol. The molecule has 5 aliphatic rings. The molecule has 4 bridgehead atoms. The summed E-state index contributed by atoms with van der Waals surface area (Å²) in [5.41, 5.74) is -3.34. The van der Waals surface area contributed by atoms with Crippen molar-refractivity contribution in [1.82, 2.24) is 0 Å². The van der Waals surface area contributed by atoms with Gasteiger partial charge in [-0.15, -0.1) is 0 Å². The molecule has 1 heterocycles. The Balaban J connectivity index is 1.66. The monoisotopic (exact) mass is 434 g/mol. The minimum Gasteiger partial charge on any atom is -0.481 e. The van der Waals surface area contributed by atoms with Crippen LogP contribution in [-0.4, -0.2) is 46.3 Å². The highest BCUT2D eigenvalue weighted by Gasteiger charge is 2.85. The topological polar surface area (TPSA) is 116 Å². The Labute approximate surface area is 181 Å². The third-order valence-corrected chi connectivity index (χ3v) is 9.59. The predicted octanol–water partition coefficient (Wildman–Crippen LogP) is 2.47. The van der Waals surface area contributed by atoms with E-state index in [-0.39, 0.29) is 17.8 Å². The molecule has 1 unspecified atom stereocenters. The van der Waals surface area contributed by atoms with Crippen LogP contribution in [0.15, 0.2) is 0 Å². The maximum Gasteiger partial charge on any atom is 0.316 e. The van der Waals surface area contributed by atoms with E-state index in [2.05, 4.69) is 0 Å². The van der Waals surface area contributed by atoms with Crippen LogP contribution in [-0.2, 0) is 33.4 Å². The summed E-state index contributed by atoms with van der Waals surface area (Å²) in [5.74, 6) is -3.73. The number of carboxylic acid groups (broad SMARTS) is 1. The molecule has 5 fully saturated rings. The molecule has 1 spiro atoms. The van der Waals surface area contributed by atoms with Crippen LogP contribution in [0.1, 0.15) is 66.2 Å². The lowest BCUT2D eigenvalue weighted by atomic mass is 9.59. The molecular formula is C23H30O8. The second-order valence-corrected chi connectivity index (χ2v) is 10.8. The second kappa shape index (κ2) is 6.01. The van der Waals surface area contributed by atoms with E-state index < -0.39 is 57.9 Å². The zero-order valence-corrected chi connectivity index (χ0v) is 18.4. The summed E-state index contributed by atoms with van der Waals surface area (Å²) in [6.45, 7) is 6.45. The van der Waals surface area contributed by atoms with Gasteiger partial charge in [0.05, 0.1) is 5.92 Å². The van der Waals surface area contributed by atoms with Crippen LogP contribution in [0.3, 0.4) is 0 Å². The van der Waals surface area contributed by atoms with Crippen molar-refractivity contribution in [3.63, 3.8) is 0 Å². The molecule has 170 valence electrons. The molecule has 31 heavy (non-hydrogen) atoms. The maximum absolute atomic E-state index is 13.2. The summed E-state index contributed by atoms with van der Waals surface area (Å²) in [4.78, 5) is 49.7. The van der Waals surface area contributed by atoms with E-state index in [0.29, 0.717) is 38.5 Å². The highest BCUT2D eigenvalue weighted by Crippen LogP contribution is 2.79. The second-order valence-electron chi connectivity index (χ2n) is 10.8. The zero-order chi connectivity index (χ0) is 22.6. The van der Waals surface area contributed by atoms with Crippen molar-refractivity contribution < 1.29 is 38.5 Å². The zero-order valence-electron chi connectivity index (χ0n) is 18.4. The van der Waals surface area contributed by atoms with Crippen LogP contribution in [0.2, 0.25) is 0 Å². The number of aliphatic carboxylic acids is 1. The number of rotatable bonds is 3. The summed E-state index contributed by atoms with van der Waals surface area (Å²) < 4.78 is 17.6. The first-order chi connectivity index (χ1) is 14.4. The Morgan fingerprint density at radius 3 is 2.45 bits per heavy atom. The third kappa shape index (κ3) is 2.26. The van der Waals surface area contributed by atoms with E-state index in [1.165, 1.54) is 13.8 Å². The van der Waals surface area contributed by atoms with Gasteiger partial charge in [0, 0.05) is 25.7 Å². The lowest BCUT2D eigenvalue weighted by molar-refractivity contribution is -0.173. The molecule has 0 aromatic carbocycles. The van der Waals surface area contributed by atoms with Gasteiger partial charge in [-0.3, -0.25) is 19.2 Å². The molecule has 8 nitrogen and oxygen atoms in total. The molecule has 8 heteroatoms. The average molecular weight is 434 g/mol. The first-order valence-electron chi connectivity index (χ1n) is 11.3. The third-order valence-electron chi connectivity index (χ3n) is 9.59. The molecule has 1 saturated heterocycles. The van der Waals surface area contributed by atoms with Crippen molar-refractivity contribution in [2.75, 3.05) is 0 Å². The molecule has 0 aromatic heterocycles. The maximum atomic E-state index is 13.2. The molecule has 1 N–H and O–H groups in total. The summed E-state index contributed by atoms with van der Waals surface area (Å²) in [5, 5.41) is 10.5. The summed E-state index contributed by atoms with van der Waals surface area (Å²) in [6, 6.07) is 0. The number of carbonyl (C=O) groups is 4. The fourth-order valence-corrected chi connectivity index (χ4v) is 8.86. The van der Waals surface area contributed by atoms with Crippen molar-refractivity contribution >= 4 is 23.9 Å². The van der Waals surface area contributed by atoms with Gasteiger partial charge in [-0.2, -0.15) is 0 Å². The molecule has 0 radical (unpaired) electrons. The fraction of sp³-hybridized carbons (Fsp3) is 0.826. The van der Waals surface area contributed by atoms with E-state index in [0.717, 1.165) is 0 Å². The van der Waals surface area contributed by atoms with Crippen LogP contribution in [0.4, 0.5) is 0 Å². The van der Waals surface area contributed by atoms with Gasteiger partial charge in [0.15, 0.2) is 0 Å². The van der Waals surface area contributed by atoms with Gasteiger partial charge in [-0.05, 0) is 56.8 Å². The number of ether oxygens (including phenoxy) is 3. The molecule has 0 aromatic rings. The number of hydrogen-bond acceptors (Lipinski definition) is 7. The van der Waals surface area contributed by atoms with E-state index >= 15 is 0 Å². The van der Waals surface area contributed by atoms with Gasteiger partial charge >= 0.3 is 23.9 Å². The van der Waals surface area contributed by atoms with Gasteiger partial charge in [-0.1, -0.05) is 6.92 Å². The van der Waals surface area contributed by atoms with Gasteiger partial charge in [0.25, 0.3) is 0 Å². The molecular weight excluding hydrogens is 404 g/mol. The van der Waals surface area contributed by atoms with Crippen LogP contribution in [0.5, 0.6) is 0 Å². The summed E-state index contributed by atoms with van der Waals surface area (Å²) >= 11 is 0. The van der Waals surface area contributed by atoms with Crippen molar-refractivity contribution in [3.05, 3.63) is 0 Å². The van der Waals surface area contributed by atoms with Gasteiger partial charge < -0.3 is 19.3 Å². The van der Waals surface area contributed by atoms with E-state index in [4.69, 9.17) is 14.2 Å². The Kier molecular flexibility index (Phi) is 4.03. The molecule has 4 aliphatic carbocycles. The van der Waals surface area contributed by atoms with Crippen LogP contribution in [0, 0.1) is 34.5 Å². The number of hydrogen-bond donors (Lipinski definition) is 1. The smallest absolute Gasteiger partial charge is 0.316 e. The molecule has 9 atom stereocenters. The van der Waals surface area contributed by atoms with Crippen LogP contribution >= 0.6 is 0 Å². The quantitative estimate of drug-likeness (QED) is 0.532. The lowest BCUT2D eigenvalue weighted by Gasteiger charge is -2.47. The van der Waals surface area contributed by atoms with Crippen molar-refractivity contribution in [3.8, 4) is 0 Å². The minimum atomic E-state index is -1.20. The van der Waals surface area contributed by atoms with Gasteiger partial charge in [0.1, 0.15) is 22.7 Å². The number of carboxylic acids is 1. The average Bonchev–Trinajstić information content (AvgIpc) is 3.07. The highest BCUT2D eigenvalue weighted by molar-refractivity contribution is 5.86. The number of esters is 3. The normalized spacial score (nSPS) is 51.5. The summed E-state index contributed by atoms with van der Waals surface area (Å²) in [6.07, 6.45) is 2.65. The Morgan fingerprint density at radius 2 is 1.84 bits per heavy atom. The Morgan fingerprint density at radius 1 is 1.13 bits per heavy atom. The first-order valence-corrected chi connectivity index (χ1v) is 11.3. The van der Waals surface area contributed by atoms with Gasteiger partial charge in [-0.25, -0.2) is 0 Å². The van der Waals surface area contributed by atoms with Crippen LogP contribution in [0.25, 0.3) is 0 Å². The highest BCUT2D eigenvalue weighted by atomic mass is 16.6. The molecule has 1 aliphatic heterocycles. The molecule has 4 saturated carbocycles. The SMILES string of the molecule is CC(=O)O[C@H]1CC[C@]23OC(=O)C1(C)[C@H]2[C@H](C(=O)O)[C@]12C[C@H](C)[C@](OC(C)=O)(CC[C@H]13)C2. The fourth-order valence-electron chi connectivity index (χ4n) is 8.86. The Hall–Kier alpha value is -2.12. The first kappa shape index (κ1) is 20.8. The Bertz CT molecular complexity index is 898. The number of fused-ring (bicyclic) bond motifs is 1. The standard InChI is InChI=1S/C23H30O8/c1-11-9-21-10-22(11,30-13(3)25)7-5-14(21)23-8-6-15(29-12(2)24)20(4,19(28)31-23)17(23)16(21)18(26)27/h11,14-17H,5-10H2,1-4H3,(H,26,27)/t11-,14+,15-,16+,17+,20?,21-,22-,23+/m0/s1. The van der Waals surface area contributed by atoms with Gasteiger partial charge in [0.2, 0.25) is 0 Å². The number of carbonyl (C=O) groups excluding carboxylic acids is 3. The van der Waals surface area contributed by atoms with Crippen LogP contribution < -0.4 is 0 Å². The molecule has 0 amide bonds.